The highest BCUT2D eigenvalue weighted by Gasteiger charge is 2.17. The SMILES string of the molecule is Cc1cnn(-c2c(C)ccc3c(S(C)(=O)=O)c[nH]c23)c1. The predicted molar refractivity (Wildman–Crippen MR) is 78.0 cm³/mol. The molecular formula is C14H15N3O2S. The lowest BCUT2D eigenvalue weighted by Gasteiger charge is -2.08. The highest BCUT2D eigenvalue weighted by molar-refractivity contribution is 7.91. The Labute approximate surface area is 117 Å². The Morgan fingerprint density at radius 1 is 1.25 bits per heavy atom. The van der Waals surface area contributed by atoms with Crippen LogP contribution in [0.5, 0.6) is 0 Å². The van der Waals surface area contributed by atoms with Crippen LogP contribution in [-0.4, -0.2) is 29.4 Å². The van der Waals surface area contributed by atoms with Crippen molar-refractivity contribution in [2.45, 2.75) is 18.7 Å². The molecule has 2 aromatic heterocycles. The number of aromatic amines is 1. The van der Waals surface area contributed by atoms with E-state index in [-0.39, 0.29) is 0 Å². The molecule has 20 heavy (non-hydrogen) atoms. The van der Waals surface area contributed by atoms with Gasteiger partial charge in [0.25, 0.3) is 0 Å². The summed E-state index contributed by atoms with van der Waals surface area (Å²) in [6.45, 7) is 3.95. The average molecular weight is 289 g/mol. The standard InChI is InChI=1S/C14H15N3O2S/c1-9-6-16-17(8-9)14-10(2)4-5-11-12(20(3,18)19)7-15-13(11)14/h4-8,15H,1-3H3. The Balaban J connectivity index is 2.38. The van der Waals surface area contributed by atoms with Gasteiger partial charge in [0.2, 0.25) is 0 Å². The van der Waals surface area contributed by atoms with Crippen molar-refractivity contribution in [1.82, 2.24) is 14.8 Å². The summed E-state index contributed by atoms with van der Waals surface area (Å²) in [5, 5.41) is 5.01. The largest absolute Gasteiger partial charge is 0.358 e. The Bertz CT molecular complexity index is 904. The quantitative estimate of drug-likeness (QED) is 0.787. The van der Waals surface area contributed by atoms with Gasteiger partial charge in [-0.1, -0.05) is 12.1 Å². The van der Waals surface area contributed by atoms with Gasteiger partial charge in [0.1, 0.15) is 0 Å². The summed E-state index contributed by atoms with van der Waals surface area (Å²) in [7, 11) is -3.25. The molecule has 3 rings (SSSR count). The zero-order valence-corrected chi connectivity index (χ0v) is 12.3. The third-order valence-corrected chi connectivity index (χ3v) is 4.47. The van der Waals surface area contributed by atoms with Crippen molar-refractivity contribution >= 4 is 20.7 Å². The maximum absolute atomic E-state index is 11.8. The van der Waals surface area contributed by atoms with Gasteiger partial charge in [-0.2, -0.15) is 5.10 Å². The summed E-state index contributed by atoms with van der Waals surface area (Å²) in [5.74, 6) is 0. The fourth-order valence-corrected chi connectivity index (χ4v) is 3.24. The van der Waals surface area contributed by atoms with Gasteiger partial charge in [0.15, 0.2) is 9.84 Å². The molecule has 5 nitrogen and oxygen atoms in total. The van der Waals surface area contributed by atoms with Crippen LogP contribution in [0, 0.1) is 13.8 Å². The molecule has 0 saturated heterocycles. The van der Waals surface area contributed by atoms with Gasteiger partial charge in [0.05, 0.1) is 22.3 Å². The normalized spacial score (nSPS) is 12.2. The van der Waals surface area contributed by atoms with Gasteiger partial charge in [0, 0.05) is 24.0 Å². The molecular weight excluding hydrogens is 274 g/mol. The van der Waals surface area contributed by atoms with Crippen LogP contribution in [0.4, 0.5) is 0 Å². The molecule has 2 heterocycles. The van der Waals surface area contributed by atoms with Crippen molar-refractivity contribution in [3.8, 4) is 5.69 Å². The third-order valence-electron chi connectivity index (χ3n) is 3.33. The number of aromatic nitrogens is 3. The van der Waals surface area contributed by atoms with E-state index in [1.165, 1.54) is 6.26 Å². The zero-order valence-electron chi connectivity index (χ0n) is 11.5. The second-order valence-corrected chi connectivity index (χ2v) is 7.03. The molecule has 0 atom stereocenters. The van der Waals surface area contributed by atoms with Crippen LogP contribution in [0.15, 0.2) is 35.6 Å². The monoisotopic (exact) mass is 289 g/mol. The van der Waals surface area contributed by atoms with Crippen molar-refractivity contribution in [3.05, 3.63) is 41.9 Å². The van der Waals surface area contributed by atoms with E-state index in [1.807, 2.05) is 32.2 Å². The van der Waals surface area contributed by atoms with Gasteiger partial charge in [-0.05, 0) is 25.0 Å². The topological polar surface area (TPSA) is 67.8 Å². The first-order valence-corrected chi connectivity index (χ1v) is 8.09. The van der Waals surface area contributed by atoms with Gasteiger partial charge in [-0.25, -0.2) is 13.1 Å². The molecule has 3 aromatic rings. The number of hydrogen-bond acceptors (Lipinski definition) is 3. The smallest absolute Gasteiger partial charge is 0.177 e. The molecule has 1 N–H and O–H groups in total. The lowest BCUT2D eigenvalue weighted by atomic mass is 10.1. The van der Waals surface area contributed by atoms with Gasteiger partial charge in [-0.15, -0.1) is 0 Å². The number of benzene rings is 1. The first kappa shape index (κ1) is 12.9. The van der Waals surface area contributed by atoms with E-state index in [0.29, 0.717) is 10.3 Å². The Hall–Kier alpha value is -2.08. The predicted octanol–water partition coefficient (Wildman–Crippen LogP) is 2.37. The molecule has 0 aliphatic carbocycles. The minimum atomic E-state index is -3.25. The number of rotatable bonds is 2. The molecule has 0 fully saturated rings. The summed E-state index contributed by atoms with van der Waals surface area (Å²) in [5.41, 5.74) is 3.75. The maximum Gasteiger partial charge on any atom is 0.177 e. The highest BCUT2D eigenvalue weighted by Crippen LogP contribution is 2.29. The number of hydrogen-bond donors (Lipinski definition) is 1. The van der Waals surface area contributed by atoms with Crippen LogP contribution < -0.4 is 0 Å². The number of nitrogens with one attached hydrogen (secondary N) is 1. The maximum atomic E-state index is 11.8. The summed E-state index contributed by atoms with van der Waals surface area (Å²) >= 11 is 0. The van der Waals surface area contributed by atoms with E-state index in [4.69, 9.17) is 0 Å². The second-order valence-electron chi connectivity index (χ2n) is 5.04. The molecule has 0 unspecified atom stereocenters. The van der Waals surface area contributed by atoms with Gasteiger partial charge < -0.3 is 4.98 Å². The molecule has 1 aromatic carbocycles. The third kappa shape index (κ3) is 1.92. The number of fused-ring (bicyclic) bond motifs is 1. The fourth-order valence-electron chi connectivity index (χ4n) is 2.40. The first-order valence-electron chi connectivity index (χ1n) is 6.20. The van der Waals surface area contributed by atoms with Crippen molar-refractivity contribution in [1.29, 1.82) is 0 Å². The fraction of sp³-hybridized carbons (Fsp3) is 0.214. The molecule has 0 radical (unpaired) electrons. The highest BCUT2D eigenvalue weighted by atomic mass is 32.2. The van der Waals surface area contributed by atoms with Crippen LogP contribution in [0.1, 0.15) is 11.1 Å². The Kier molecular flexibility index (Phi) is 2.72. The Morgan fingerprint density at radius 3 is 2.60 bits per heavy atom. The van der Waals surface area contributed by atoms with Crippen LogP contribution in [0.3, 0.4) is 0 Å². The number of H-pyrrole nitrogens is 1. The molecule has 6 heteroatoms. The summed E-state index contributed by atoms with van der Waals surface area (Å²) in [4.78, 5) is 3.39. The number of sulfone groups is 1. The molecule has 0 spiro atoms. The minimum absolute atomic E-state index is 0.317. The van der Waals surface area contributed by atoms with Gasteiger partial charge in [-0.3, -0.25) is 0 Å². The minimum Gasteiger partial charge on any atom is -0.358 e. The molecule has 0 amide bonds. The van der Waals surface area contributed by atoms with E-state index >= 15 is 0 Å². The number of nitrogens with zero attached hydrogens (tertiary/aromatic N) is 2. The van der Waals surface area contributed by atoms with Crippen molar-refractivity contribution in [2.24, 2.45) is 0 Å². The van der Waals surface area contributed by atoms with Gasteiger partial charge >= 0.3 is 0 Å². The lowest BCUT2D eigenvalue weighted by molar-refractivity contribution is 0.602. The molecule has 0 bridgehead atoms. The molecule has 104 valence electrons. The summed E-state index contributed by atoms with van der Waals surface area (Å²) < 4.78 is 25.4. The van der Waals surface area contributed by atoms with Crippen molar-refractivity contribution in [3.63, 3.8) is 0 Å². The van der Waals surface area contributed by atoms with E-state index in [0.717, 1.165) is 22.3 Å². The average Bonchev–Trinajstić information content (AvgIpc) is 2.94. The van der Waals surface area contributed by atoms with Crippen LogP contribution in [-0.2, 0) is 9.84 Å². The summed E-state index contributed by atoms with van der Waals surface area (Å²) in [6, 6.07) is 3.74. The molecule has 0 aliphatic heterocycles. The second kappa shape index (κ2) is 4.21. The lowest BCUT2D eigenvalue weighted by Crippen LogP contribution is -1.99. The number of aryl methyl sites for hydroxylation is 2. The van der Waals surface area contributed by atoms with E-state index < -0.39 is 9.84 Å². The van der Waals surface area contributed by atoms with Crippen molar-refractivity contribution < 1.29 is 8.42 Å². The van der Waals surface area contributed by atoms with Crippen LogP contribution in [0.25, 0.3) is 16.6 Å². The van der Waals surface area contributed by atoms with E-state index in [1.54, 1.807) is 17.1 Å². The van der Waals surface area contributed by atoms with Crippen molar-refractivity contribution in [2.75, 3.05) is 6.26 Å². The summed E-state index contributed by atoms with van der Waals surface area (Å²) in [6.07, 6.45) is 6.45. The first-order chi connectivity index (χ1) is 9.38. The zero-order chi connectivity index (χ0) is 14.5. The van der Waals surface area contributed by atoms with Crippen LogP contribution in [0.2, 0.25) is 0 Å². The van der Waals surface area contributed by atoms with E-state index in [2.05, 4.69) is 10.1 Å². The van der Waals surface area contributed by atoms with Crippen LogP contribution >= 0.6 is 0 Å². The molecule has 0 aliphatic rings. The molecule has 0 saturated carbocycles. The van der Waals surface area contributed by atoms with E-state index in [9.17, 15) is 8.42 Å². The Morgan fingerprint density at radius 2 is 2.00 bits per heavy atom.